The molecule has 0 spiro atoms. The van der Waals surface area contributed by atoms with Crippen LogP contribution in [0.2, 0.25) is 0 Å². The molecule has 0 bridgehead atoms. The van der Waals surface area contributed by atoms with Crippen molar-refractivity contribution in [3.63, 3.8) is 0 Å². The zero-order valence-electron chi connectivity index (χ0n) is 24.6. The minimum absolute atomic E-state index is 0.347. The Kier molecular flexibility index (Phi) is 8.86. The van der Waals surface area contributed by atoms with Crippen LogP contribution in [0.15, 0.2) is 102 Å². The Balaban J connectivity index is 1.60. The monoisotopic (exact) mass is 561 g/mol. The van der Waals surface area contributed by atoms with Crippen molar-refractivity contribution in [2.45, 2.75) is 52.1 Å². The van der Waals surface area contributed by atoms with Crippen LogP contribution in [-0.4, -0.2) is 36.3 Å². The summed E-state index contributed by atoms with van der Waals surface area (Å²) in [5, 5.41) is 14.6. The van der Waals surface area contributed by atoms with E-state index in [0.29, 0.717) is 17.1 Å². The number of hydrazone groups is 1. The first-order valence-electron chi connectivity index (χ1n) is 14.9. The van der Waals surface area contributed by atoms with Crippen molar-refractivity contribution in [3.05, 3.63) is 103 Å². The van der Waals surface area contributed by atoms with Gasteiger partial charge in [0.05, 0.1) is 5.69 Å². The number of nitrogens with zero attached hydrogens (tertiary/aromatic N) is 3. The summed E-state index contributed by atoms with van der Waals surface area (Å²) in [6, 6.07) is 31.3. The molecule has 2 N–H and O–H groups in total. The predicted molar refractivity (Wildman–Crippen MR) is 173 cm³/mol. The van der Waals surface area contributed by atoms with Crippen molar-refractivity contribution < 1.29 is 9.59 Å². The lowest BCUT2D eigenvalue weighted by molar-refractivity contribution is -0.127. The number of hydrogen-bond donors (Lipinski definition) is 2. The molecule has 4 aromatic rings. The number of para-hydroxylation sites is 1. The Morgan fingerprint density at radius 1 is 0.833 bits per heavy atom. The molecule has 216 valence electrons. The molecule has 1 aliphatic heterocycles. The second kappa shape index (κ2) is 12.9. The third-order valence-electron chi connectivity index (χ3n) is 7.60. The highest BCUT2D eigenvalue weighted by Gasteiger charge is 2.53. The van der Waals surface area contributed by atoms with Gasteiger partial charge in [0, 0.05) is 37.0 Å². The van der Waals surface area contributed by atoms with Crippen LogP contribution in [0.1, 0.15) is 52.0 Å². The van der Waals surface area contributed by atoms with Crippen molar-refractivity contribution in [1.29, 1.82) is 0 Å². The topological polar surface area (TPSA) is 77.0 Å². The predicted octanol–water partition coefficient (Wildman–Crippen LogP) is 6.94. The molecule has 2 amide bonds. The molecule has 42 heavy (non-hydrogen) atoms. The summed E-state index contributed by atoms with van der Waals surface area (Å²) < 4.78 is 0. The Labute approximate surface area is 248 Å². The number of anilines is 3. The standard InChI is InChI=1S/C35H39N5O2/c1-4-6-24-39(25-7-5-2)29-22-20-28(21-23-29)37-35(36-26(3)41)33(32-19-13-15-27-14-11-12-18-31(27)32)38-40(34(35)42)30-16-9-8-10-17-30/h8-23,37H,4-7,24-25H2,1-3H3,(H,36,41). The van der Waals surface area contributed by atoms with Crippen LogP contribution in [0.3, 0.4) is 0 Å². The minimum Gasteiger partial charge on any atom is -0.372 e. The molecule has 0 saturated heterocycles. The molecule has 1 aliphatic rings. The molecule has 7 nitrogen and oxygen atoms in total. The Bertz CT molecular complexity index is 1550. The fraction of sp³-hybridized carbons (Fsp3) is 0.286. The van der Waals surface area contributed by atoms with Crippen molar-refractivity contribution in [1.82, 2.24) is 5.32 Å². The Morgan fingerprint density at radius 3 is 2.14 bits per heavy atom. The van der Waals surface area contributed by atoms with Crippen LogP contribution < -0.4 is 20.5 Å². The second-order valence-electron chi connectivity index (χ2n) is 10.7. The van der Waals surface area contributed by atoms with Gasteiger partial charge in [-0.05, 0) is 60.0 Å². The Morgan fingerprint density at radius 2 is 1.48 bits per heavy atom. The third-order valence-corrected chi connectivity index (χ3v) is 7.60. The van der Waals surface area contributed by atoms with E-state index in [0.717, 1.165) is 60.8 Å². The van der Waals surface area contributed by atoms with Gasteiger partial charge in [-0.15, -0.1) is 0 Å². The van der Waals surface area contributed by atoms with Gasteiger partial charge in [0.25, 0.3) is 0 Å². The number of rotatable bonds is 12. The molecule has 7 heteroatoms. The van der Waals surface area contributed by atoms with Gasteiger partial charge in [0.2, 0.25) is 11.6 Å². The van der Waals surface area contributed by atoms with Crippen molar-refractivity contribution >= 4 is 45.4 Å². The maximum atomic E-state index is 14.4. The third kappa shape index (κ3) is 5.86. The van der Waals surface area contributed by atoms with Crippen molar-refractivity contribution in [2.75, 3.05) is 28.3 Å². The number of benzene rings is 4. The van der Waals surface area contributed by atoms with Gasteiger partial charge in [-0.2, -0.15) is 10.1 Å². The quantitative estimate of drug-likeness (QED) is 0.184. The van der Waals surface area contributed by atoms with Gasteiger partial charge < -0.3 is 15.5 Å². The van der Waals surface area contributed by atoms with E-state index in [1.165, 1.54) is 11.9 Å². The highest BCUT2D eigenvalue weighted by Crippen LogP contribution is 2.34. The van der Waals surface area contributed by atoms with E-state index in [4.69, 9.17) is 5.10 Å². The average molecular weight is 562 g/mol. The van der Waals surface area contributed by atoms with E-state index in [1.807, 2.05) is 84.9 Å². The molecule has 1 heterocycles. The Hall–Kier alpha value is -4.65. The van der Waals surface area contributed by atoms with E-state index in [9.17, 15) is 9.59 Å². The SMILES string of the molecule is CCCCN(CCCC)c1ccc(NC2(NC(C)=O)C(=O)N(c3ccccc3)N=C2c2cccc3ccccc23)cc1. The van der Waals surface area contributed by atoms with E-state index in [2.05, 4.69) is 41.5 Å². The summed E-state index contributed by atoms with van der Waals surface area (Å²) in [6.45, 7) is 7.84. The highest BCUT2D eigenvalue weighted by atomic mass is 16.2. The highest BCUT2D eigenvalue weighted by molar-refractivity contribution is 6.33. The van der Waals surface area contributed by atoms with E-state index in [1.54, 1.807) is 0 Å². The minimum atomic E-state index is -1.63. The molecule has 0 aromatic heterocycles. The van der Waals surface area contributed by atoms with Crippen molar-refractivity contribution in [3.8, 4) is 0 Å². The molecule has 1 unspecified atom stereocenters. The van der Waals surface area contributed by atoms with Crippen LogP contribution in [0.25, 0.3) is 10.8 Å². The van der Waals surface area contributed by atoms with Crippen molar-refractivity contribution in [2.24, 2.45) is 5.10 Å². The lowest BCUT2D eigenvalue weighted by Crippen LogP contribution is -2.64. The maximum Gasteiger partial charge on any atom is 0.300 e. The van der Waals surface area contributed by atoms with E-state index >= 15 is 0 Å². The van der Waals surface area contributed by atoms with Crippen LogP contribution >= 0.6 is 0 Å². The molecule has 0 aliphatic carbocycles. The van der Waals surface area contributed by atoms with Gasteiger partial charge in [0.15, 0.2) is 0 Å². The fourth-order valence-corrected chi connectivity index (χ4v) is 5.47. The number of carbonyl (C=O) groups is 2. The summed E-state index contributed by atoms with van der Waals surface area (Å²) in [7, 11) is 0. The average Bonchev–Trinajstić information content (AvgIpc) is 3.28. The molecule has 1 atom stereocenters. The number of unbranched alkanes of at least 4 members (excludes halogenated alkanes) is 2. The normalized spacial score (nSPS) is 16.4. The van der Waals surface area contributed by atoms with Crippen LogP contribution in [-0.2, 0) is 9.59 Å². The molecule has 0 radical (unpaired) electrons. The summed E-state index contributed by atoms with van der Waals surface area (Å²) in [6.07, 6.45) is 4.53. The number of nitrogens with one attached hydrogen (secondary N) is 2. The van der Waals surface area contributed by atoms with Gasteiger partial charge in [-0.25, -0.2) is 0 Å². The molecular weight excluding hydrogens is 522 g/mol. The molecule has 0 fully saturated rings. The number of carbonyl (C=O) groups excluding carboxylic acids is 2. The lowest BCUT2D eigenvalue weighted by Gasteiger charge is -2.32. The first kappa shape index (κ1) is 28.9. The summed E-state index contributed by atoms with van der Waals surface area (Å²) in [5.41, 5.74) is 2.03. The van der Waals surface area contributed by atoms with E-state index < -0.39 is 5.66 Å². The number of fused-ring (bicyclic) bond motifs is 1. The number of amides is 2. The number of hydrogen-bond acceptors (Lipinski definition) is 5. The van der Waals surface area contributed by atoms with Crippen LogP contribution in [0.5, 0.6) is 0 Å². The maximum absolute atomic E-state index is 14.4. The van der Waals surface area contributed by atoms with Crippen LogP contribution in [0.4, 0.5) is 17.1 Å². The summed E-state index contributed by atoms with van der Waals surface area (Å²) in [5.74, 6) is -0.732. The first-order chi connectivity index (χ1) is 20.5. The molecule has 0 saturated carbocycles. The molecule has 5 rings (SSSR count). The first-order valence-corrected chi connectivity index (χ1v) is 14.9. The zero-order chi connectivity index (χ0) is 29.5. The summed E-state index contributed by atoms with van der Waals surface area (Å²) in [4.78, 5) is 29.6. The molecule has 4 aromatic carbocycles. The second-order valence-corrected chi connectivity index (χ2v) is 10.7. The fourth-order valence-electron chi connectivity index (χ4n) is 5.47. The van der Waals surface area contributed by atoms with Gasteiger partial charge in [-0.1, -0.05) is 87.4 Å². The smallest absolute Gasteiger partial charge is 0.300 e. The van der Waals surface area contributed by atoms with Gasteiger partial charge in [0.1, 0.15) is 5.71 Å². The summed E-state index contributed by atoms with van der Waals surface area (Å²) >= 11 is 0. The van der Waals surface area contributed by atoms with Gasteiger partial charge >= 0.3 is 5.91 Å². The lowest BCUT2D eigenvalue weighted by atomic mass is 9.92. The largest absolute Gasteiger partial charge is 0.372 e. The van der Waals surface area contributed by atoms with Crippen LogP contribution in [0, 0.1) is 0 Å². The zero-order valence-corrected chi connectivity index (χ0v) is 24.6. The van der Waals surface area contributed by atoms with Gasteiger partial charge in [-0.3, -0.25) is 9.59 Å². The van der Waals surface area contributed by atoms with E-state index in [-0.39, 0.29) is 11.8 Å². The molecular formula is C35H39N5O2.